The van der Waals surface area contributed by atoms with Crippen molar-refractivity contribution >= 4 is 28.8 Å². The van der Waals surface area contributed by atoms with E-state index in [2.05, 4.69) is 15.1 Å². The second-order valence-corrected chi connectivity index (χ2v) is 6.13. The minimum Gasteiger partial charge on any atom is -0.339 e. The van der Waals surface area contributed by atoms with E-state index in [4.69, 9.17) is 16.1 Å². The fraction of sp³-hybridized carbons (Fsp3) is 0.200. The Morgan fingerprint density at radius 1 is 1.39 bits per heavy atom. The maximum atomic E-state index is 11.9. The van der Waals surface area contributed by atoms with Crippen molar-refractivity contribution in [2.75, 3.05) is 0 Å². The van der Waals surface area contributed by atoms with Gasteiger partial charge in [-0.25, -0.2) is 0 Å². The summed E-state index contributed by atoms with van der Waals surface area (Å²) >= 11 is 7.26. The maximum Gasteiger partial charge on any atom is 0.248 e. The van der Waals surface area contributed by atoms with E-state index in [1.165, 1.54) is 11.3 Å². The predicted molar refractivity (Wildman–Crippen MR) is 86.9 cm³/mol. The number of carbonyl (C=O) groups excluding carboxylic acids is 1. The summed E-state index contributed by atoms with van der Waals surface area (Å²) in [4.78, 5) is 20.9. The van der Waals surface area contributed by atoms with E-state index in [1.54, 1.807) is 16.7 Å². The van der Waals surface area contributed by atoms with Gasteiger partial charge in [-0.15, -0.1) is 11.3 Å². The summed E-state index contributed by atoms with van der Waals surface area (Å²) in [6.45, 7) is 0. The van der Waals surface area contributed by atoms with Crippen molar-refractivity contribution in [1.82, 2.24) is 14.7 Å². The third kappa shape index (κ3) is 3.94. The molecule has 1 amide bonds. The van der Waals surface area contributed by atoms with Gasteiger partial charge in [0, 0.05) is 42.1 Å². The van der Waals surface area contributed by atoms with Gasteiger partial charge in [-0.2, -0.15) is 9.98 Å². The molecular weight excluding hydrogens is 336 g/mol. The van der Waals surface area contributed by atoms with Crippen LogP contribution in [0.2, 0.25) is 5.02 Å². The largest absolute Gasteiger partial charge is 0.339 e. The molecule has 0 bridgehead atoms. The number of hydrogen-bond acceptors (Lipinski definition) is 5. The number of carbonyl (C=O) groups is 1. The zero-order valence-corrected chi connectivity index (χ0v) is 13.8. The minimum atomic E-state index is -0.214. The number of hydrogen-bond donors (Lipinski definition) is 0. The molecule has 0 N–H and O–H groups in total. The first-order chi connectivity index (χ1) is 11.1. The number of thiazole rings is 1. The van der Waals surface area contributed by atoms with Crippen LogP contribution in [0.5, 0.6) is 0 Å². The van der Waals surface area contributed by atoms with Crippen molar-refractivity contribution in [3.8, 4) is 11.4 Å². The number of benzene rings is 1. The van der Waals surface area contributed by atoms with Gasteiger partial charge in [0.1, 0.15) is 0 Å². The van der Waals surface area contributed by atoms with Gasteiger partial charge in [-0.05, 0) is 24.3 Å². The Morgan fingerprint density at radius 2 is 2.17 bits per heavy atom. The van der Waals surface area contributed by atoms with E-state index < -0.39 is 0 Å². The topological polar surface area (TPSA) is 73.3 Å². The SMILES string of the molecule is Cn1ccsc1=NC(=O)CCc1nc(-c2ccc(Cl)cc2)no1. The highest BCUT2D eigenvalue weighted by Gasteiger charge is 2.10. The summed E-state index contributed by atoms with van der Waals surface area (Å²) in [5.41, 5.74) is 0.811. The molecule has 0 aliphatic heterocycles. The molecule has 0 fully saturated rings. The van der Waals surface area contributed by atoms with Crippen LogP contribution in [-0.4, -0.2) is 20.6 Å². The summed E-state index contributed by atoms with van der Waals surface area (Å²) in [5.74, 6) is 0.675. The summed E-state index contributed by atoms with van der Waals surface area (Å²) in [6.07, 6.45) is 2.44. The van der Waals surface area contributed by atoms with E-state index in [9.17, 15) is 4.79 Å². The van der Waals surface area contributed by atoms with Crippen molar-refractivity contribution in [3.63, 3.8) is 0 Å². The molecule has 0 spiro atoms. The molecule has 118 valence electrons. The second-order valence-electron chi connectivity index (χ2n) is 4.82. The van der Waals surface area contributed by atoms with Crippen LogP contribution >= 0.6 is 22.9 Å². The molecule has 0 unspecified atom stereocenters. The quantitative estimate of drug-likeness (QED) is 0.726. The molecule has 8 heteroatoms. The Labute approximate surface area is 141 Å². The van der Waals surface area contributed by atoms with Crippen LogP contribution in [0.15, 0.2) is 45.4 Å². The molecule has 0 aliphatic carbocycles. The zero-order valence-electron chi connectivity index (χ0n) is 12.3. The number of aryl methyl sites for hydroxylation is 2. The highest BCUT2D eigenvalue weighted by Crippen LogP contribution is 2.18. The highest BCUT2D eigenvalue weighted by molar-refractivity contribution is 7.07. The smallest absolute Gasteiger partial charge is 0.248 e. The van der Waals surface area contributed by atoms with Crippen LogP contribution in [-0.2, 0) is 18.3 Å². The van der Waals surface area contributed by atoms with Gasteiger partial charge in [-0.1, -0.05) is 16.8 Å². The first-order valence-electron chi connectivity index (χ1n) is 6.88. The standard InChI is InChI=1S/C15H13ClN4O2S/c1-20-8-9-23-15(20)17-12(21)6-7-13-18-14(19-22-13)10-2-4-11(16)5-3-10/h2-5,8-9H,6-7H2,1H3. The molecular formula is C15H13ClN4O2S. The van der Waals surface area contributed by atoms with Crippen molar-refractivity contribution in [2.24, 2.45) is 12.0 Å². The number of rotatable bonds is 4. The number of aromatic nitrogens is 3. The first kappa shape index (κ1) is 15.6. The lowest BCUT2D eigenvalue weighted by Crippen LogP contribution is -2.12. The fourth-order valence-electron chi connectivity index (χ4n) is 1.88. The van der Waals surface area contributed by atoms with E-state index >= 15 is 0 Å². The van der Waals surface area contributed by atoms with E-state index in [0.717, 1.165) is 5.56 Å². The van der Waals surface area contributed by atoms with Gasteiger partial charge in [0.05, 0.1) is 0 Å². The predicted octanol–water partition coefficient (Wildman–Crippen LogP) is 2.85. The van der Waals surface area contributed by atoms with Crippen LogP contribution in [0, 0.1) is 0 Å². The first-order valence-corrected chi connectivity index (χ1v) is 8.14. The minimum absolute atomic E-state index is 0.214. The number of amides is 1. The Hall–Kier alpha value is -2.25. The summed E-state index contributed by atoms with van der Waals surface area (Å²) in [7, 11) is 1.85. The third-order valence-electron chi connectivity index (χ3n) is 3.10. The Balaban J connectivity index is 1.64. The molecule has 0 aliphatic rings. The molecule has 2 aromatic heterocycles. The van der Waals surface area contributed by atoms with Crippen molar-refractivity contribution in [1.29, 1.82) is 0 Å². The van der Waals surface area contributed by atoms with Crippen molar-refractivity contribution in [2.45, 2.75) is 12.8 Å². The Kier molecular flexibility index (Phi) is 4.68. The van der Waals surface area contributed by atoms with E-state index in [-0.39, 0.29) is 12.3 Å². The van der Waals surface area contributed by atoms with Gasteiger partial charge in [0.2, 0.25) is 17.6 Å². The van der Waals surface area contributed by atoms with Gasteiger partial charge in [0.25, 0.3) is 0 Å². The Morgan fingerprint density at radius 3 is 2.87 bits per heavy atom. The van der Waals surface area contributed by atoms with Gasteiger partial charge in [-0.3, -0.25) is 4.79 Å². The molecule has 1 aromatic carbocycles. The number of nitrogens with zero attached hydrogens (tertiary/aromatic N) is 4. The lowest BCUT2D eigenvalue weighted by atomic mass is 10.2. The van der Waals surface area contributed by atoms with Crippen LogP contribution in [0.3, 0.4) is 0 Å². The van der Waals surface area contributed by atoms with E-state index in [1.807, 2.05) is 30.8 Å². The van der Waals surface area contributed by atoms with Gasteiger partial charge < -0.3 is 9.09 Å². The molecule has 3 aromatic rings. The molecule has 6 nitrogen and oxygen atoms in total. The monoisotopic (exact) mass is 348 g/mol. The molecule has 0 atom stereocenters. The normalized spacial score (nSPS) is 11.8. The van der Waals surface area contributed by atoms with Crippen LogP contribution in [0.25, 0.3) is 11.4 Å². The van der Waals surface area contributed by atoms with E-state index in [0.29, 0.717) is 28.0 Å². The fourth-order valence-corrected chi connectivity index (χ4v) is 2.76. The highest BCUT2D eigenvalue weighted by atomic mass is 35.5. The average molecular weight is 349 g/mol. The maximum absolute atomic E-state index is 11.9. The lowest BCUT2D eigenvalue weighted by molar-refractivity contribution is -0.118. The summed E-state index contributed by atoms with van der Waals surface area (Å²) < 4.78 is 6.97. The summed E-state index contributed by atoms with van der Waals surface area (Å²) in [6, 6.07) is 7.15. The zero-order chi connectivity index (χ0) is 16.2. The molecule has 3 rings (SSSR count). The average Bonchev–Trinajstić information content (AvgIpc) is 3.16. The van der Waals surface area contributed by atoms with Gasteiger partial charge in [0.15, 0.2) is 4.80 Å². The van der Waals surface area contributed by atoms with Crippen LogP contribution in [0.4, 0.5) is 0 Å². The number of halogens is 1. The Bertz CT molecular complexity index is 879. The van der Waals surface area contributed by atoms with Crippen LogP contribution < -0.4 is 4.80 Å². The molecule has 0 saturated heterocycles. The molecule has 0 radical (unpaired) electrons. The second kappa shape index (κ2) is 6.89. The van der Waals surface area contributed by atoms with Crippen molar-refractivity contribution < 1.29 is 9.32 Å². The summed E-state index contributed by atoms with van der Waals surface area (Å²) in [5, 5.41) is 6.43. The molecule has 0 saturated carbocycles. The lowest BCUT2D eigenvalue weighted by Gasteiger charge is -1.93. The van der Waals surface area contributed by atoms with Gasteiger partial charge >= 0.3 is 0 Å². The van der Waals surface area contributed by atoms with Crippen molar-refractivity contribution in [3.05, 3.63) is 51.6 Å². The molecule has 23 heavy (non-hydrogen) atoms. The van der Waals surface area contributed by atoms with Crippen LogP contribution in [0.1, 0.15) is 12.3 Å². The third-order valence-corrected chi connectivity index (χ3v) is 4.20. The molecule has 2 heterocycles.